The molecule has 1 amide bonds. The molecule has 4 aromatic rings. The predicted octanol–water partition coefficient (Wildman–Crippen LogP) is 5.49. The van der Waals surface area contributed by atoms with Crippen LogP contribution < -0.4 is 5.32 Å². The number of amides is 1. The van der Waals surface area contributed by atoms with E-state index >= 15 is 0 Å². The molecule has 2 aromatic carbocycles. The van der Waals surface area contributed by atoms with Crippen molar-refractivity contribution in [3.63, 3.8) is 0 Å². The quantitative estimate of drug-likeness (QED) is 0.461. The van der Waals surface area contributed by atoms with Crippen LogP contribution in [-0.4, -0.2) is 10.9 Å². The largest absolute Gasteiger partial charge is 0.342 e. The van der Waals surface area contributed by atoms with Crippen LogP contribution >= 0.6 is 22.7 Å². The van der Waals surface area contributed by atoms with Crippen molar-refractivity contribution >= 4 is 28.6 Å². The minimum Gasteiger partial charge on any atom is -0.342 e. The van der Waals surface area contributed by atoms with Gasteiger partial charge < -0.3 is 5.32 Å². The van der Waals surface area contributed by atoms with E-state index in [1.807, 2.05) is 78.3 Å². The van der Waals surface area contributed by atoms with Gasteiger partial charge in [-0.1, -0.05) is 60.7 Å². The lowest BCUT2D eigenvalue weighted by atomic mass is 9.84. The van der Waals surface area contributed by atoms with Crippen LogP contribution in [0.1, 0.15) is 23.7 Å². The number of nitrogens with one attached hydrogen (secondary N) is 1. The molecule has 0 saturated carbocycles. The highest BCUT2D eigenvalue weighted by atomic mass is 32.1. The second-order valence-corrected chi connectivity index (χ2v) is 8.38. The summed E-state index contributed by atoms with van der Waals surface area (Å²) in [7, 11) is 0. The average Bonchev–Trinajstić information content (AvgIpc) is 3.41. The van der Waals surface area contributed by atoms with Gasteiger partial charge in [-0.2, -0.15) is 11.3 Å². The molecule has 0 aliphatic rings. The molecule has 0 spiro atoms. The minimum atomic E-state index is -0.605. The van der Waals surface area contributed by atoms with Crippen LogP contribution in [0.3, 0.4) is 0 Å². The van der Waals surface area contributed by atoms with Crippen LogP contribution in [0.25, 0.3) is 10.6 Å². The molecule has 28 heavy (non-hydrogen) atoms. The summed E-state index contributed by atoms with van der Waals surface area (Å²) in [6.45, 7) is 2.05. The predicted molar refractivity (Wildman–Crippen MR) is 117 cm³/mol. The monoisotopic (exact) mass is 404 g/mol. The van der Waals surface area contributed by atoms with Crippen LogP contribution in [0.4, 0.5) is 0 Å². The molecule has 0 aliphatic carbocycles. The number of hydrogen-bond donors (Lipinski definition) is 1. The standard InChI is InChI=1S/C23H20N2OS2/c1-23(18-8-4-2-5-9-18,19-10-6-3-7-11-19)25-21(26)14-20-16-28-22(24-20)17-12-13-27-15-17/h2-13,15-16H,14H2,1H3,(H,25,26). The van der Waals surface area contributed by atoms with Gasteiger partial charge in [0.25, 0.3) is 0 Å². The van der Waals surface area contributed by atoms with Gasteiger partial charge in [-0.15, -0.1) is 11.3 Å². The molecular weight excluding hydrogens is 384 g/mol. The van der Waals surface area contributed by atoms with E-state index in [0.29, 0.717) is 0 Å². The highest BCUT2D eigenvalue weighted by molar-refractivity contribution is 7.14. The van der Waals surface area contributed by atoms with Gasteiger partial charge in [-0.05, 0) is 29.5 Å². The van der Waals surface area contributed by atoms with Gasteiger partial charge in [0.15, 0.2) is 0 Å². The first-order valence-corrected chi connectivity index (χ1v) is 10.9. The Labute approximate surface area is 172 Å². The molecule has 0 aliphatic heterocycles. The Morgan fingerprint density at radius 3 is 2.18 bits per heavy atom. The maximum absolute atomic E-state index is 12.9. The molecule has 0 radical (unpaired) electrons. The summed E-state index contributed by atoms with van der Waals surface area (Å²) in [5.74, 6) is -0.0441. The molecule has 0 fully saturated rings. The van der Waals surface area contributed by atoms with E-state index in [1.165, 1.54) is 0 Å². The molecule has 0 atom stereocenters. The Balaban J connectivity index is 1.56. The molecule has 0 bridgehead atoms. The first-order chi connectivity index (χ1) is 13.6. The second-order valence-electron chi connectivity index (χ2n) is 6.74. The van der Waals surface area contributed by atoms with E-state index in [0.717, 1.165) is 27.4 Å². The third-order valence-corrected chi connectivity index (χ3v) is 6.38. The number of thiophene rings is 1. The number of nitrogens with zero attached hydrogens (tertiary/aromatic N) is 1. The number of benzene rings is 2. The summed E-state index contributed by atoms with van der Waals surface area (Å²) < 4.78 is 0. The van der Waals surface area contributed by atoms with Crippen molar-refractivity contribution in [2.75, 3.05) is 0 Å². The molecule has 5 heteroatoms. The first kappa shape index (κ1) is 18.6. The number of rotatable bonds is 6. The van der Waals surface area contributed by atoms with E-state index in [1.54, 1.807) is 22.7 Å². The van der Waals surface area contributed by atoms with Crippen LogP contribution in [0.2, 0.25) is 0 Å². The third kappa shape index (κ3) is 3.91. The highest BCUT2D eigenvalue weighted by Crippen LogP contribution is 2.30. The van der Waals surface area contributed by atoms with Gasteiger partial charge in [-0.25, -0.2) is 4.98 Å². The number of carbonyl (C=O) groups excluding carboxylic acids is 1. The van der Waals surface area contributed by atoms with Gasteiger partial charge in [0.2, 0.25) is 5.91 Å². The Bertz CT molecular complexity index is 1000. The van der Waals surface area contributed by atoms with Gasteiger partial charge in [0.1, 0.15) is 5.01 Å². The van der Waals surface area contributed by atoms with Crippen molar-refractivity contribution in [2.24, 2.45) is 0 Å². The normalized spacial score (nSPS) is 11.3. The minimum absolute atomic E-state index is 0.0441. The molecule has 1 N–H and O–H groups in total. The molecule has 3 nitrogen and oxygen atoms in total. The summed E-state index contributed by atoms with van der Waals surface area (Å²) in [5, 5.41) is 10.3. The lowest BCUT2D eigenvalue weighted by Gasteiger charge is -2.32. The maximum Gasteiger partial charge on any atom is 0.227 e. The Hall–Kier alpha value is -2.76. The summed E-state index contributed by atoms with van der Waals surface area (Å²) in [6, 6.07) is 22.2. The topological polar surface area (TPSA) is 42.0 Å². The Kier molecular flexibility index (Phi) is 5.37. The van der Waals surface area contributed by atoms with Gasteiger partial charge in [0.05, 0.1) is 17.7 Å². The lowest BCUT2D eigenvalue weighted by molar-refractivity contribution is -0.121. The molecule has 140 valence electrons. The molecule has 2 heterocycles. The Morgan fingerprint density at radius 2 is 1.61 bits per heavy atom. The average molecular weight is 405 g/mol. The van der Waals surface area contributed by atoms with Crippen molar-refractivity contribution in [3.05, 3.63) is 99.7 Å². The van der Waals surface area contributed by atoms with E-state index in [9.17, 15) is 4.79 Å². The van der Waals surface area contributed by atoms with Crippen LogP contribution in [0.5, 0.6) is 0 Å². The second kappa shape index (κ2) is 8.09. The Morgan fingerprint density at radius 1 is 0.964 bits per heavy atom. The molecule has 4 rings (SSSR count). The zero-order chi connectivity index (χ0) is 19.4. The fourth-order valence-corrected chi connectivity index (χ4v) is 4.78. The van der Waals surface area contributed by atoms with Crippen molar-refractivity contribution < 1.29 is 4.79 Å². The van der Waals surface area contributed by atoms with Crippen LogP contribution in [0.15, 0.2) is 82.9 Å². The lowest BCUT2D eigenvalue weighted by Crippen LogP contribution is -2.45. The third-order valence-electron chi connectivity index (χ3n) is 4.75. The van der Waals surface area contributed by atoms with Crippen molar-refractivity contribution in [2.45, 2.75) is 18.9 Å². The zero-order valence-corrected chi connectivity index (χ0v) is 17.1. The zero-order valence-electron chi connectivity index (χ0n) is 15.5. The fraction of sp³-hybridized carbons (Fsp3) is 0.130. The maximum atomic E-state index is 12.9. The van der Waals surface area contributed by atoms with E-state index < -0.39 is 5.54 Å². The summed E-state index contributed by atoms with van der Waals surface area (Å²) >= 11 is 3.22. The molecule has 0 saturated heterocycles. The molecule has 2 aromatic heterocycles. The number of thiazole rings is 1. The van der Waals surface area contributed by atoms with Crippen LogP contribution in [-0.2, 0) is 16.8 Å². The van der Waals surface area contributed by atoms with Gasteiger partial charge in [0, 0.05) is 16.3 Å². The summed E-state index contributed by atoms with van der Waals surface area (Å²) in [5.41, 5.74) is 3.40. The van der Waals surface area contributed by atoms with Crippen molar-refractivity contribution in [1.82, 2.24) is 10.3 Å². The van der Waals surface area contributed by atoms with E-state index in [4.69, 9.17) is 0 Å². The van der Waals surface area contributed by atoms with E-state index in [2.05, 4.69) is 21.7 Å². The molecule has 0 unspecified atom stereocenters. The van der Waals surface area contributed by atoms with Crippen molar-refractivity contribution in [3.8, 4) is 10.6 Å². The number of hydrogen-bond acceptors (Lipinski definition) is 4. The summed E-state index contributed by atoms with van der Waals surface area (Å²) in [6.07, 6.45) is 0.260. The summed E-state index contributed by atoms with van der Waals surface area (Å²) in [4.78, 5) is 17.6. The fourth-order valence-electron chi connectivity index (χ4n) is 3.25. The van der Waals surface area contributed by atoms with Gasteiger partial charge >= 0.3 is 0 Å². The smallest absolute Gasteiger partial charge is 0.227 e. The first-order valence-electron chi connectivity index (χ1n) is 9.04. The number of carbonyl (C=O) groups is 1. The van der Waals surface area contributed by atoms with Gasteiger partial charge in [-0.3, -0.25) is 4.79 Å². The van der Waals surface area contributed by atoms with Crippen molar-refractivity contribution in [1.29, 1.82) is 0 Å². The highest BCUT2D eigenvalue weighted by Gasteiger charge is 2.30. The number of aromatic nitrogens is 1. The SMILES string of the molecule is CC(NC(=O)Cc1csc(-c2ccsc2)n1)(c1ccccc1)c1ccccc1. The van der Waals surface area contributed by atoms with E-state index in [-0.39, 0.29) is 12.3 Å². The van der Waals surface area contributed by atoms with Crippen LogP contribution in [0, 0.1) is 0 Å². The molecular formula is C23H20N2OS2.